The lowest BCUT2D eigenvalue weighted by molar-refractivity contribution is 0.179. The Hall–Kier alpha value is -0.810. The Labute approximate surface area is 74.5 Å². The van der Waals surface area contributed by atoms with Crippen LogP contribution < -0.4 is 0 Å². The van der Waals surface area contributed by atoms with Crippen LogP contribution in [0.25, 0.3) is 0 Å². The van der Waals surface area contributed by atoms with Crippen LogP contribution in [0.2, 0.25) is 0 Å². The summed E-state index contributed by atoms with van der Waals surface area (Å²) in [4.78, 5) is 2.24. The SMILES string of the molecule is C=CCC1C[C@H](C#N)CN(C)C1. The molecule has 1 rings (SSSR count). The zero-order chi connectivity index (χ0) is 8.97. The highest BCUT2D eigenvalue weighted by Crippen LogP contribution is 2.22. The summed E-state index contributed by atoms with van der Waals surface area (Å²) in [6, 6.07) is 2.35. The molecular weight excluding hydrogens is 148 g/mol. The molecule has 12 heavy (non-hydrogen) atoms. The van der Waals surface area contributed by atoms with Crippen LogP contribution in [-0.4, -0.2) is 25.0 Å². The van der Waals surface area contributed by atoms with Crippen LogP contribution in [0.1, 0.15) is 12.8 Å². The molecular formula is C10H16N2. The van der Waals surface area contributed by atoms with Gasteiger partial charge in [0.1, 0.15) is 0 Å². The molecule has 1 aliphatic rings. The minimum Gasteiger partial charge on any atom is -0.305 e. The summed E-state index contributed by atoms with van der Waals surface area (Å²) in [5, 5.41) is 8.79. The predicted molar refractivity (Wildman–Crippen MR) is 49.5 cm³/mol. The molecule has 2 atom stereocenters. The van der Waals surface area contributed by atoms with Gasteiger partial charge in [0.05, 0.1) is 12.0 Å². The third kappa shape index (κ3) is 2.35. The van der Waals surface area contributed by atoms with E-state index < -0.39 is 0 Å². The van der Waals surface area contributed by atoms with Gasteiger partial charge in [-0.2, -0.15) is 5.26 Å². The first-order valence-electron chi connectivity index (χ1n) is 4.45. The Balaban J connectivity index is 2.46. The van der Waals surface area contributed by atoms with Crippen LogP contribution in [0.15, 0.2) is 12.7 Å². The fourth-order valence-electron chi connectivity index (χ4n) is 1.94. The molecule has 2 nitrogen and oxygen atoms in total. The highest BCUT2D eigenvalue weighted by molar-refractivity contribution is 4.92. The van der Waals surface area contributed by atoms with E-state index in [1.165, 1.54) is 0 Å². The number of likely N-dealkylation sites (tertiary alicyclic amines) is 1. The smallest absolute Gasteiger partial charge is 0.0669 e. The van der Waals surface area contributed by atoms with E-state index in [0.29, 0.717) is 5.92 Å². The van der Waals surface area contributed by atoms with Crippen LogP contribution in [0.3, 0.4) is 0 Å². The van der Waals surface area contributed by atoms with E-state index >= 15 is 0 Å². The molecule has 0 saturated carbocycles. The number of allylic oxidation sites excluding steroid dienone is 1. The van der Waals surface area contributed by atoms with Gasteiger partial charge in [0, 0.05) is 13.1 Å². The van der Waals surface area contributed by atoms with Crippen molar-refractivity contribution in [3.63, 3.8) is 0 Å². The number of rotatable bonds is 2. The van der Waals surface area contributed by atoms with Crippen molar-refractivity contribution in [3.05, 3.63) is 12.7 Å². The lowest BCUT2D eigenvalue weighted by Gasteiger charge is -2.32. The van der Waals surface area contributed by atoms with Crippen LogP contribution >= 0.6 is 0 Å². The zero-order valence-electron chi connectivity index (χ0n) is 7.66. The lowest BCUT2D eigenvalue weighted by atomic mass is 9.88. The van der Waals surface area contributed by atoms with E-state index in [1.54, 1.807) is 0 Å². The van der Waals surface area contributed by atoms with Gasteiger partial charge in [0.25, 0.3) is 0 Å². The molecule has 66 valence electrons. The monoisotopic (exact) mass is 164 g/mol. The Morgan fingerprint density at radius 2 is 2.42 bits per heavy atom. The summed E-state index contributed by atoms with van der Waals surface area (Å²) < 4.78 is 0. The highest BCUT2D eigenvalue weighted by Gasteiger charge is 2.23. The molecule has 0 aromatic carbocycles. The zero-order valence-corrected chi connectivity index (χ0v) is 7.66. The summed E-state index contributed by atoms with van der Waals surface area (Å²) >= 11 is 0. The van der Waals surface area contributed by atoms with Gasteiger partial charge in [0.2, 0.25) is 0 Å². The second-order valence-corrected chi connectivity index (χ2v) is 3.67. The molecule has 1 unspecified atom stereocenters. The van der Waals surface area contributed by atoms with E-state index in [9.17, 15) is 0 Å². The number of hydrogen-bond acceptors (Lipinski definition) is 2. The molecule has 1 heterocycles. The van der Waals surface area contributed by atoms with Crippen LogP contribution in [0.4, 0.5) is 0 Å². The fourth-order valence-corrected chi connectivity index (χ4v) is 1.94. The minimum atomic E-state index is 0.230. The van der Waals surface area contributed by atoms with E-state index in [0.717, 1.165) is 25.9 Å². The van der Waals surface area contributed by atoms with Gasteiger partial charge >= 0.3 is 0 Å². The number of nitriles is 1. The summed E-state index contributed by atoms with van der Waals surface area (Å²) in [6.07, 6.45) is 4.05. The van der Waals surface area contributed by atoms with Gasteiger partial charge in [-0.25, -0.2) is 0 Å². The molecule has 1 saturated heterocycles. The maximum Gasteiger partial charge on any atom is 0.0669 e. The van der Waals surface area contributed by atoms with Crippen LogP contribution in [0, 0.1) is 23.2 Å². The van der Waals surface area contributed by atoms with E-state index in [-0.39, 0.29) is 5.92 Å². The van der Waals surface area contributed by atoms with Crippen molar-refractivity contribution in [3.8, 4) is 6.07 Å². The lowest BCUT2D eigenvalue weighted by Crippen LogP contribution is -2.37. The first-order valence-corrected chi connectivity index (χ1v) is 4.45. The normalized spacial score (nSPS) is 31.0. The van der Waals surface area contributed by atoms with Crippen molar-refractivity contribution < 1.29 is 0 Å². The maximum absolute atomic E-state index is 8.79. The molecule has 0 amide bonds. The first kappa shape index (κ1) is 9.28. The Kier molecular flexibility index (Phi) is 3.31. The van der Waals surface area contributed by atoms with Gasteiger partial charge in [-0.05, 0) is 25.8 Å². The topological polar surface area (TPSA) is 27.0 Å². The van der Waals surface area contributed by atoms with Gasteiger partial charge < -0.3 is 4.90 Å². The molecule has 0 aromatic rings. The molecule has 0 spiro atoms. The molecule has 0 bridgehead atoms. The Morgan fingerprint density at radius 1 is 1.67 bits per heavy atom. The molecule has 0 aliphatic carbocycles. The quantitative estimate of drug-likeness (QED) is 0.580. The van der Waals surface area contributed by atoms with E-state index in [2.05, 4.69) is 24.6 Å². The maximum atomic E-state index is 8.79. The van der Waals surface area contributed by atoms with Crippen molar-refractivity contribution in [1.82, 2.24) is 4.90 Å². The van der Waals surface area contributed by atoms with E-state index in [4.69, 9.17) is 5.26 Å². The van der Waals surface area contributed by atoms with Crippen molar-refractivity contribution in [2.45, 2.75) is 12.8 Å². The summed E-state index contributed by atoms with van der Waals surface area (Å²) in [5.41, 5.74) is 0. The van der Waals surface area contributed by atoms with Crippen LogP contribution in [0.5, 0.6) is 0 Å². The van der Waals surface area contributed by atoms with Crippen LogP contribution in [-0.2, 0) is 0 Å². The summed E-state index contributed by atoms with van der Waals surface area (Å²) in [6.45, 7) is 5.78. The van der Waals surface area contributed by atoms with Crippen molar-refractivity contribution >= 4 is 0 Å². The second-order valence-electron chi connectivity index (χ2n) is 3.67. The molecule has 1 fully saturated rings. The molecule has 0 aromatic heterocycles. The first-order chi connectivity index (χ1) is 5.76. The molecule has 0 radical (unpaired) electrons. The van der Waals surface area contributed by atoms with E-state index in [1.807, 2.05) is 6.08 Å². The average Bonchev–Trinajstić information content (AvgIpc) is 2.04. The molecule has 0 N–H and O–H groups in total. The largest absolute Gasteiger partial charge is 0.305 e. The third-order valence-corrected chi connectivity index (χ3v) is 2.40. The average molecular weight is 164 g/mol. The summed E-state index contributed by atoms with van der Waals surface area (Å²) in [5.74, 6) is 0.875. The van der Waals surface area contributed by atoms with Gasteiger partial charge in [-0.15, -0.1) is 6.58 Å². The number of piperidine rings is 1. The molecule has 2 heteroatoms. The molecule has 1 aliphatic heterocycles. The second kappa shape index (κ2) is 4.27. The highest BCUT2D eigenvalue weighted by atomic mass is 15.1. The van der Waals surface area contributed by atoms with Crippen molar-refractivity contribution in [2.24, 2.45) is 11.8 Å². The fraction of sp³-hybridized carbons (Fsp3) is 0.700. The van der Waals surface area contributed by atoms with Gasteiger partial charge in [-0.3, -0.25) is 0 Å². The minimum absolute atomic E-state index is 0.230. The number of hydrogen-bond donors (Lipinski definition) is 0. The van der Waals surface area contributed by atoms with Crippen molar-refractivity contribution in [1.29, 1.82) is 5.26 Å². The standard InChI is InChI=1S/C10H16N2/c1-3-4-9-5-10(6-11)8-12(2)7-9/h3,9-10H,1,4-5,7-8H2,2H3/t9?,10-/m1/s1. The van der Waals surface area contributed by atoms with Gasteiger partial charge in [-0.1, -0.05) is 6.08 Å². The Morgan fingerprint density at radius 3 is 3.00 bits per heavy atom. The summed E-state index contributed by atoms with van der Waals surface area (Å²) in [7, 11) is 2.08. The predicted octanol–water partition coefficient (Wildman–Crippen LogP) is 1.65. The third-order valence-electron chi connectivity index (χ3n) is 2.40. The van der Waals surface area contributed by atoms with Gasteiger partial charge in [0.15, 0.2) is 0 Å². The number of nitrogens with zero attached hydrogens (tertiary/aromatic N) is 2. The van der Waals surface area contributed by atoms with Crippen molar-refractivity contribution in [2.75, 3.05) is 20.1 Å². The Bertz CT molecular complexity index is 193.